The lowest BCUT2D eigenvalue weighted by Gasteiger charge is -2.35. The van der Waals surface area contributed by atoms with Crippen LogP contribution in [-0.4, -0.2) is 27.5 Å². The van der Waals surface area contributed by atoms with Crippen molar-refractivity contribution in [3.63, 3.8) is 0 Å². The van der Waals surface area contributed by atoms with Crippen molar-refractivity contribution in [1.29, 1.82) is 0 Å². The Hall–Kier alpha value is -0.550. The first kappa shape index (κ1) is 20.2. The highest BCUT2D eigenvalue weighted by molar-refractivity contribution is 9.11. The minimum atomic E-state index is -1.54. The van der Waals surface area contributed by atoms with Gasteiger partial charge in [-0.2, -0.15) is 0 Å². The fraction of sp³-hybridized carbons (Fsp3) is 0.267. The molecule has 0 bridgehead atoms. The molecule has 3 rings (SSSR count). The number of thiophene rings is 1. The molecule has 3 atom stereocenters. The molecule has 1 saturated heterocycles. The van der Waals surface area contributed by atoms with E-state index in [4.69, 9.17) is 23.2 Å². The Bertz CT molecular complexity index is 863. The predicted octanol–water partition coefficient (Wildman–Crippen LogP) is 4.51. The van der Waals surface area contributed by atoms with Gasteiger partial charge in [0.1, 0.15) is 11.9 Å². The van der Waals surface area contributed by atoms with E-state index in [1.807, 2.05) is 0 Å². The van der Waals surface area contributed by atoms with Crippen LogP contribution in [0.5, 0.6) is 0 Å². The number of carbonyl (C=O) groups is 1. The van der Waals surface area contributed by atoms with Gasteiger partial charge in [0.25, 0.3) is 0 Å². The topological polar surface area (TPSA) is 61.4 Å². The summed E-state index contributed by atoms with van der Waals surface area (Å²) in [6.07, 6.45) is 0.395. The fourth-order valence-electron chi connectivity index (χ4n) is 2.52. The summed E-state index contributed by atoms with van der Waals surface area (Å²) in [5.41, 5.74) is 0.373. The van der Waals surface area contributed by atoms with Crippen molar-refractivity contribution in [2.45, 2.75) is 18.5 Å². The van der Waals surface area contributed by atoms with E-state index in [1.54, 1.807) is 13.1 Å². The van der Waals surface area contributed by atoms with Crippen molar-refractivity contribution >= 4 is 73.2 Å². The number of nitrogens with one attached hydrogen (secondary N) is 2. The summed E-state index contributed by atoms with van der Waals surface area (Å²) < 4.78 is 30.8. The third-order valence-corrected chi connectivity index (χ3v) is 8.04. The Labute approximate surface area is 174 Å². The quantitative estimate of drug-likeness (QED) is 0.651. The summed E-state index contributed by atoms with van der Waals surface area (Å²) in [6.45, 7) is 0. The second-order valence-corrected chi connectivity index (χ2v) is 10.1. The maximum atomic E-state index is 13.3. The highest BCUT2D eigenvalue weighted by atomic mass is 79.9. The van der Waals surface area contributed by atoms with Gasteiger partial charge in [-0.05, 0) is 46.6 Å². The lowest BCUT2D eigenvalue weighted by atomic mass is 10.1. The van der Waals surface area contributed by atoms with E-state index in [2.05, 4.69) is 26.0 Å². The van der Waals surface area contributed by atoms with Gasteiger partial charge >= 0.3 is 0 Å². The minimum absolute atomic E-state index is 0.0824. The maximum Gasteiger partial charge on any atom is 0.242 e. The zero-order chi connectivity index (χ0) is 19.0. The highest BCUT2D eigenvalue weighted by Gasteiger charge is 2.37. The first-order valence-corrected chi connectivity index (χ1v) is 10.8. The Morgan fingerprint density at radius 2 is 2.15 bits per heavy atom. The SMILES string of the molecule is CN1C(C(=O)Nc2ccc(F)c(Cl)c2)CC(c2cc(Cl)c(Br)s2)NS1=O. The van der Waals surface area contributed by atoms with E-state index in [-0.39, 0.29) is 17.0 Å². The van der Waals surface area contributed by atoms with Crippen LogP contribution >= 0.6 is 50.5 Å². The normalized spacial score (nSPS) is 23.8. The number of hydrogen-bond acceptors (Lipinski definition) is 3. The van der Waals surface area contributed by atoms with Crippen LogP contribution in [0.4, 0.5) is 10.1 Å². The molecule has 0 aliphatic carbocycles. The summed E-state index contributed by atoms with van der Waals surface area (Å²) in [7, 11) is 1.60. The molecule has 11 heteroatoms. The lowest BCUT2D eigenvalue weighted by Crippen LogP contribution is -2.52. The zero-order valence-electron chi connectivity index (χ0n) is 13.3. The number of amides is 1. The number of benzene rings is 1. The van der Waals surface area contributed by atoms with Crippen molar-refractivity contribution < 1.29 is 13.4 Å². The minimum Gasteiger partial charge on any atom is -0.325 e. The van der Waals surface area contributed by atoms with Gasteiger partial charge < -0.3 is 5.32 Å². The van der Waals surface area contributed by atoms with Crippen LogP contribution in [0.3, 0.4) is 0 Å². The molecular formula is C15H13BrCl2FN3O2S2. The molecule has 1 amide bonds. The number of anilines is 1. The van der Waals surface area contributed by atoms with Crippen molar-refractivity contribution in [1.82, 2.24) is 9.03 Å². The predicted molar refractivity (Wildman–Crippen MR) is 107 cm³/mol. The van der Waals surface area contributed by atoms with Crippen LogP contribution in [0.1, 0.15) is 17.3 Å². The molecule has 1 aromatic carbocycles. The molecular weight excluding hydrogens is 488 g/mol. The second-order valence-electron chi connectivity index (χ2n) is 5.61. The average Bonchev–Trinajstić information content (AvgIpc) is 2.92. The maximum absolute atomic E-state index is 13.3. The van der Waals surface area contributed by atoms with Gasteiger partial charge in [0.05, 0.1) is 19.9 Å². The zero-order valence-corrected chi connectivity index (χ0v) is 18.0. The van der Waals surface area contributed by atoms with Gasteiger partial charge in [0, 0.05) is 17.6 Å². The van der Waals surface area contributed by atoms with Crippen molar-refractivity contribution in [2.75, 3.05) is 12.4 Å². The Kier molecular flexibility index (Phi) is 6.38. The number of likely N-dealkylation sites (N-methyl/N-ethyl adjacent to an activating group) is 1. The van der Waals surface area contributed by atoms with E-state index in [0.717, 1.165) is 8.66 Å². The molecule has 0 radical (unpaired) electrons. The molecule has 0 spiro atoms. The Morgan fingerprint density at radius 1 is 1.42 bits per heavy atom. The summed E-state index contributed by atoms with van der Waals surface area (Å²) in [4.78, 5) is 13.6. The van der Waals surface area contributed by atoms with Gasteiger partial charge in [-0.1, -0.05) is 23.2 Å². The molecule has 140 valence electrons. The van der Waals surface area contributed by atoms with Crippen molar-refractivity contribution in [3.8, 4) is 0 Å². The van der Waals surface area contributed by atoms with Crippen LogP contribution in [0.15, 0.2) is 28.1 Å². The Balaban J connectivity index is 1.78. The number of rotatable bonds is 3. The van der Waals surface area contributed by atoms with Crippen LogP contribution in [0.2, 0.25) is 10.0 Å². The monoisotopic (exact) mass is 499 g/mol. The first-order valence-electron chi connectivity index (χ1n) is 7.37. The first-order chi connectivity index (χ1) is 12.3. The smallest absolute Gasteiger partial charge is 0.242 e. The van der Waals surface area contributed by atoms with Gasteiger partial charge in [-0.25, -0.2) is 17.6 Å². The van der Waals surface area contributed by atoms with E-state index < -0.39 is 23.0 Å². The molecule has 3 unspecified atom stereocenters. The lowest BCUT2D eigenvalue weighted by molar-refractivity contribution is -0.120. The fourth-order valence-corrected chi connectivity index (χ4v) is 5.63. The van der Waals surface area contributed by atoms with Crippen LogP contribution in [0.25, 0.3) is 0 Å². The summed E-state index contributed by atoms with van der Waals surface area (Å²) in [5.74, 6) is -0.915. The molecule has 2 N–H and O–H groups in total. The number of halogens is 4. The highest BCUT2D eigenvalue weighted by Crippen LogP contribution is 2.38. The molecule has 2 aromatic rings. The van der Waals surface area contributed by atoms with Crippen molar-refractivity contribution in [3.05, 3.63) is 48.8 Å². The molecule has 0 saturated carbocycles. The van der Waals surface area contributed by atoms with Gasteiger partial charge in [0.2, 0.25) is 5.91 Å². The van der Waals surface area contributed by atoms with Crippen LogP contribution in [0, 0.1) is 5.82 Å². The van der Waals surface area contributed by atoms with E-state index >= 15 is 0 Å². The molecule has 1 aliphatic rings. The number of hydrogen-bond donors (Lipinski definition) is 2. The standard InChI is InChI=1S/C15H13BrCl2FN3O2S2/c1-22-12(15(23)20-7-2-3-10(19)8(17)4-7)6-11(21-26(22)24)13-5-9(18)14(16)25-13/h2-5,11-12,21H,6H2,1H3,(H,20,23). The van der Waals surface area contributed by atoms with Gasteiger partial charge in [-0.15, -0.1) is 11.3 Å². The van der Waals surface area contributed by atoms with Crippen molar-refractivity contribution in [2.24, 2.45) is 0 Å². The molecule has 1 aliphatic heterocycles. The third kappa shape index (κ3) is 4.30. The van der Waals surface area contributed by atoms with E-state index in [0.29, 0.717) is 17.1 Å². The molecule has 2 heterocycles. The number of nitrogens with zero attached hydrogens (tertiary/aromatic N) is 1. The average molecular weight is 501 g/mol. The summed E-state index contributed by atoms with van der Waals surface area (Å²) >= 11 is 15.1. The third-order valence-electron chi connectivity index (χ3n) is 3.90. The van der Waals surface area contributed by atoms with E-state index in [9.17, 15) is 13.4 Å². The van der Waals surface area contributed by atoms with Gasteiger partial charge in [-0.3, -0.25) is 4.79 Å². The Morgan fingerprint density at radius 3 is 2.77 bits per heavy atom. The summed E-state index contributed by atoms with van der Waals surface area (Å²) in [5, 5.41) is 3.18. The number of carbonyl (C=O) groups excluding carboxylic acids is 1. The largest absolute Gasteiger partial charge is 0.325 e. The van der Waals surface area contributed by atoms with Crippen LogP contribution in [-0.2, 0) is 16.0 Å². The molecule has 5 nitrogen and oxygen atoms in total. The van der Waals surface area contributed by atoms with Gasteiger partial charge in [0.15, 0.2) is 11.2 Å². The van der Waals surface area contributed by atoms with Crippen LogP contribution < -0.4 is 10.0 Å². The second kappa shape index (κ2) is 8.22. The summed E-state index contributed by atoms with van der Waals surface area (Å²) in [6, 6.07) is 4.78. The molecule has 1 aromatic heterocycles. The van der Waals surface area contributed by atoms with E-state index in [1.165, 1.54) is 33.8 Å². The molecule has 26 heavy (non-hydrogen) atoms. The molecule has 1 fully saturated rings.